The predicted molar refractivity (Wildman–Crippen MR) is 79.3 cm³/mol. The number of rotatable bonds is 4. The summed E-state index contributed by atoms with van der Waals surface area (Å²) in [6.07, 6.45) is 2.24. The van der Waals surface area contributed by atoms with E-state index in [1.807, 2.05) is 49.4 Å². The molecule has 1 unspecified atom stereocenters. The van der Waals surface area contributed by atoms with Crippen LogP contribution in [0.25, 0.3) is 11.5 Å². The summed E-state index contributed by atoms with van der Waals surface area (Å²) in [5.41, 5.74) is 9.01. The second-order valence-electron chi connectivity index (χ2n) is 4.95. The number of aryl methyl sites for hydroxylation is 1. The first-order chi connectivity index (χ1) is 10.2. The zero-order valence-corrected chi connectivity index (χ0v) is 11.7. The van der Waals surface area contributed by atoms with Crippen LogP contribution in [0.15, 0.2) is 53.2 Å². The van der Waals surface area contributed by atoms with Crippen molar-refractivity contribution in [2.24, 2.45) is 5.73 Å². The first kappa shape index (κ1) is 13.5. The van der Waals surface area contributed by atoms with E-state index in [0.717, 1.165) is 11.1 Å². The molecule has 0 saturated heterocycles. The molecule has 0 bridgehead atoms. The lowest BCUT2D eigenvalue weighted by molar-refractivity contribution is 0.370. The maximum Gasteiger partial charge on any atom is 0.228 e. The zero-order valence-electron chi connectivity index (χ0n) is 11.7. The lowest BCUT2D eigenvalue weighted by Crippen LogP contribution is -2.13. The predicted octanol–water partition coefficient (Wildman–Crippen LogP) is 2.68. The van der Waals surface area contributed by atoms with Crippen molar-refractivity contribution >= 4 is 0 Å². The van der Waals surface area contributed by atoms with Gasteiger partial charge in [0.15, 0.2) is 0 Å². The molecule has 1 aromatic carbocycles. The molecule has 0 fully saturated rings. The van der Waals surface area contributed by atoms with Gasteiger partial charge in [-0.1, -0.05) is 35.5 Å². The molecule has 0 amide bonds. The molecule has 106 valence electrons. The lowest BCUT2D eigenvalue weighted by atomic mass is 10.1. The minimum atomic E-state index is -0.162. The Hall–Kier alpha value is -2.53. The fraction of sp³-hybridized carbons (Fsp3) is 0.188. The third-order valence-corrected chi connectivity index (χ3v) is 3.23. The van der Waals surface area contributed by atoms with Crippen LogP contribution in [0.4, 0.5) is 0 Å². The number of aromatic nitrogens is 3. The number of nitrogens with two attached hydrogens (primary N) is 1. The Morgan fingerprint density at radius 2 is 2.00 bits per heavy atom. The van der Waals surface area contributed by atoms with E-state index in [2.05, 4.69) is 15.1 Å². The first-order valence-corrected chi connectivity index (χ1v) is 6.78. The smallest absolute Gasteiger partial charge is 0.228 e. The molecule has 0 aliphatic heterocycles. The summed E-state index contributed by atoms with van der Waals surface area (Å²) in [5.74, 6) is 1.01. The van der Waals surface area contributed by atoms with Gasteiger partial charge in [0, 0.05) is 18.7 Å². The van der Waals surface area contributed by atoms with Crippen molar-refractivity contribution in [1.82, 2.24) is 15.1 Å². The highest BCUT2D eigenvalue weighted by atomic mass is 16.5. The van der Waals surface area contributed by atoms with Gasteiger partial charge in [0.2, 0.25) is 11.7 Å². The van der Waals surface area contributed by atoms with E-state index in [-0.39, 0.29) is 6.04 Å². The second-order valence-corrected chi connectivity index (χ2v) is 4.95. The van der Waals surface area contributed by atoms with E-state index >= 15 is 0 Å². The molecule has 0 saturated carbocycles. The van der Waals surface area contributed by atoms with Gasteiger partial charge in [0.25, 0.3) is 0 Å². The second kappa shape index (κ2) is 5.85. The summed E-state index contributed by atoms with van der Waals surface area (Å²) in [6, 6.07) is 13.6. The fourth-order valence-corrected chi connectivity index (χ4v) is 2.11. The van der Waals surface area contributed by atoms with Crippen LogP contribution in [0.1, 0.15) is 23.1 Å². The first-order valence-electron chi connectivity index (χ1n) is 6.78. The molecule has 5 nitrogen and oxygen atoms in total. The van der Waals surface area contributed by atoms with Crippen LogP contribution in [-0.2, 0) is 6.42 Å². The normalized spacial score (nSPS) is 12.3. The van der Waals surface area contributed by atoms with Gasteiger partial charge >= 0.3 is 0 Å². The van der Waals surface area contributed by atoms with Crippen LogP contribution >= 0.6 is 0 Å². The molecular formula is C16H16N4O. The van der Waals surface area contributed by atoms with E-state index in [9.17, 15) is 0 Å². The highest BCUT2D eigenvalue weighted by Gasteiger charge is 2.14. The van der Waals surface area contributed by atoms with E-state index in [1.54, 1.807) is 6.20 Å². The summed E-state index contributed by atoms with van der Waals surface area (Å²) < 4.78 is 5.27. The SMILES string of the molecule is Cc1ccnc(-c2noc(CC(N)c3ccccc3)n2)c1. The van der Waals surface area contributed by atoms with Crippen LogP contribution < -0.4 is 5.73 Å². The van der Waals surface area contributed by atoms with Crippen LogP contribution in [-0.4, -0.2) is 15.1 Å². The van der Waals surface area contributed by atoms with Crippen molar-refractivity contribution in [3.8, 4) is 11.5 Å². The summed E-state index contributed by atoms with van der Waals surface area (Å²) >= 11 is 0. The van der Waals surface area contributed by atoms with Crippen molar-refractivity contribution in [1.29, 1.82) is 0 Å². The van der Waals surface area contributed by atoms with Crippen molar-refractivity contribution < 1.29 is 4.52 Å². The Morgan fingerprint density at radius 1 is 1.19 bits per heavy atom. The Kier molecular flexibility index (Phi) is 3.75. The van der Waals surface area contributed by atoms with E-state index < -0.39 is 0 Å². The van der Waals surface area contributed by atoms with Gasteiger partial charge in [0.05, 0.1) is 0 Å². The number of nitrogens with zero attached hydrogens (tertiary/aromatic N) is 3. The molecule has 3 rings (SSSR count). The van der Waals surface area contributed by atoms with Crippen LogP contribution in [0.3, 0.4) is 0 Å². The molecule has 3 aromatic rings. The lowest BCUT2D eigenvalue weighted by Gasteiger charge is -2.08. The Labute approximate surface area is 122 Å². The largest absolute Gasteiger partial charge is 0.339 e. The van der Waals surface area contributed by atoms with Gasteiger partial charge in [-0.25, -0.2) is 0 Å². The maximum atomic E-state index is 6.16. The highest BCUT2D eigenvalue weighted by Crippen LogP contribution is 2.18. The maximum absolute atomic E-state index is 6.16. The van der Waals surface area contributed by atoms with E-state index in [0.29, 0.717) is 23.8 Å². The number of hydrogen-bond acceptors (Lipinski definition) is 5. The summed E-state index contributed by atoms with van der Waals surface area (Å²) in [6.45, 7) is 2.00. The van der Waals surface area contributed by atoms with Gasteiger partial charge in [-0.2, -0.15) is 4.98 Å². The Bertz CT molecular complexity index is 724. The molecule has 0 radical (unpaired) electrons. The van der Waals surface area contributed by atoms with Gasteiger partial charge in [-0.3, -0.25) is 4.98 Å². The van der Waals surface area contributed by atoms with Crippen molar-refractivity contribution in [3.63, 3.8) is 0 Å². The van der Waals surface area contributed by atoms with Crippen molar-refractivity contribution in [2.75, 3.05) is 0 Å². The van der Waals surface area contributed by atoms with Crippen LogP contribution in [0, 0.1) is 6.92 Å². The minimum absolute atomic E-state index is 0.162. The van der Waals surface area contributed by atoms with Crippen LogP contribution in [0.2, 0.25) is 0 Å². The quantitative estimate of drug-likeness (QED) is 0.795. The topological polar surface area (TPSA) is 77.8 Å². The van der Waals surface area contributed by atoms with Gasteiger partial charge in [-0.05, 0) is 30.2 Å². The van der Waals surface area contributed by atoms with Crippen molar-refractivity contribution in [2.45, 2.75) is 19.4 Å². The number of hydrogen-bond donors (Lipinski definition) is 1. The highest BCUT2D eigenvalue weighted by molar-refractivity contribution is 5.48. The monoisotopic (exact) mass is 280 g/mol. The Morgan fingerprint density at radius 3 is 2.76 bits per heavy atom. The molecular weight excluding hydrogens is 264 g/mol. The molecule has 0 aliphatic rings. The third kappa shape index (κ3) is 3.14. The third-order valence-electron chi connectivity index (χ3n) is 3.23. The Balaban J connectivity index is 1.76. The minimum Gasteiger partial charge on any atom is -0.339 e. The molecule has 0 spiro atoms. The van der Waals surface area contributed by atoms with E-state index in [1.165, 1.54) is 0 Å². The molecule has 1 atom stereocenters. The van der Waals surface area contributed by atoms with E-state index in [4.69, 9.17) is 10.3 Å². The molecule has 21 heavy (non-hydrogen) atoms. The summed E-state index contributed by atoms with van der Waals surface area (Å²) in [4.78, 5) is 8.61. The van der Waals surface area contributed by atoms with Gasteiger partial charge in [-0.15, -0.1) is 0 Å². The molecule has 5 heteroatoms. The van der Waals surface area contributed by atoms with Crippen LogP contribution in [0.5, 0.6) is 0 Å². The van der Waals surface area contributed by atoms with Gasteiger partial charge in [0.1, 0.15) is 5.69 Å². The fourth-order valence-electron chi connectivity index (χ4n) is 2.11. The number of pyridine rings is 1. The molecule has 2 aromatic heterocycles. The average Bonchev–Trinajstić information content (AvgIpc) is 2.97. The summed E-state index contributed by atoms with van der Waals surface area (Å²) in [5, 5.41) is 3.97. The standard InChI is InChI=1S/C16H16N4O/c1-11-7-8-18-14(9-11)16-19-15(21-20-16)10-13(17)12-5-3-2-4-6-12/h2-9,13H,10,17H2,1H3. The summed E-state index contributed by atoms with van der Waals surface area (Å²) in [7, 11) is 0. The average molecular weight is 280 g/mol. The molecule has 2 heterocycles. The zero-order chi connectivity index (χ0) is 14.7. The van der Waals surface area contributed by atoms with Gasteiger partial charge < -0.3 is 10.3 Å². The number of benzene rings is 1. The molecule has 0 aliphatic carbocycles. The molecule has 2 N–H and O–H groups in total. The van der Waals surface area contributed by atoms with Crippen molar-refractivity contribution in [3.05, 3.63) is 65.7 Å².